The van der Waals surface area contributed by atoms with Crippen LogP contribution in [-0.4, -0.2) is 42.5 Å². The molecular formula is C25H29N3O2S. The molecule has 0 spiro atoms. The van der Waals surface area contributed by atoms with Crippen LogP contribution in [0.2, 0.25) is 0 Å². The summed E-state index contributed by atoms with van der Waals surface area (Å²) in [6, 6.07) is 18.2. The number of aromatic nitrogens is 1. The summed E-state index contributed by atoms with van der Waals surface area (Å²) in [5, 5.41) is 6.06. The van der Waals surface area contributed by atoms with E-state index in [1.807, 2.05) is 47.8 Å². The van der Waals surface area contributed by atoms with E-state index in [1.54, 1.807) is 24.6 Å². The molecule has 1 saturated heterocycles. The van der Waals surface area contributed by atoms with E-state index < -0.39 is 0 Å². The van der Waals surface area contributed by atoms with Crippen LogP contribution in [0.25, 0.3) is 0 Å². The molecule has 0 saturated carbocycles. The molecule has 2 aromatic carbocycles. The number of carbonyl (C=O) groups is 1. The zero-order valence-corrected chi connectivity index (χ0v) is 18.7. The van der Waals surface area contributed by atoms with Crippen LogP contribution in [0, 0.1) is 5.92 Å². The maximum atomic E-state index is 12.8. The maximum absolute atomic E-state index is 12.8. The Morgan fingerprint density at radius 3 is 2.55 bits per heavy atom. The maximum Gasteiger partial charge on any atom is 0.235 e. The number of hydrogen-bond donors (Lipinski definition) is 1. The predicted octanol–water partition coefficient (Wildman–Crippen LogP) is 4.31. The van der Waals surface area contributed by atoms with Gasteiger partial charge in [0.15, 0.2) is 0 Å². The molecule has 1 unspecified atom stereocenters. The Balaban J connectivity index is 1.28. The van der Waals surface area contributed by atoms with Crippen LogP contribution in [0.5, 0.6) is 5.75 Å². The van der Waals surface area contributed by atoms with Gasteiger partial charge in [-0.15, -0.1) is 11.3 Å². The van der Waals surface area contributed by atoms with Crippen molar-refractivity contribution in [2.45, 2.75) is 25.3 Å². The first-order valence-electron chi connectivity index (χ1n) is 10.8. The number of nitrogens with one attached hydrogen (secondary N) is 1. The molecule has 1 aromatic heterocycles. The molecule has 6 heteroatoms. The number of likely N-dealkylation sites (tertiary alicyclic amines) is 1. The van der Waals surface area contributed by atoms with Crippen molar-refractivity contribution in [3.8, 4) is 5.75 Å². The zero-order valence-electron chi connectivity index (χ0n) is 17.9. The molecule has 1 aliphatic heterocycles. The smallest absolute Gasteiger partial charge is 0.235 e. The Kier molecular flexibility index (Phi) is 7.33. The lowest BCUT2D eigenvalue weighted by Gasteiger charge is -2.32. The lowest BCUT2D eigenvalue weighted by molar-refractivity contribution is -0.123. The topological polar surface area (TPSA) is 54.5 Å². The molecule has 0 aliphatic carbocycles. The number of hydrogen-bond acceptors (Lipinski definition) is 5. The van der Waals surface area contributed by atoms with Crippen molar-refractivity contribution in [1.29, 1.82) is 0 Å². The minimum Gasteiger partial charge on any atom is -0.497 e. The highest BCUT2D eigenvalue weighted by molar-refractivity contribution is 7.09. The SMILES string of the molecule is COc1ccc(CC2CCN(CC(=O)NC(c3ccccc3)c3nccs3)CC2)cc1. The quantitative estimate of drug-likeness (QED) is 0.573. The molecular weight excluding hydrogens is 406 g/mol. The fraction of sp³-hybridized carbons (Fsp3) is 0.360. The van der Waals surface area contributed by atoms with Crippen molar-refractivity contribution in [1.82, 2.24) is 15.2 Å². The molecule has 162 valence electrons. The first-order chi connectivity index (χ1) is 15.2. The van der Waals surface area contributed by atoms with Gasteiger partial charge in [-0.3, -0.25) is 9.69 Å². The van der Waals surface area contributed by atoms with Crippen LogP contribution < -0.4 is 10.1 Å². The van der Waals surface area contributed by atoms with Crippen LogP contribution in [0.4, 0.5) is 0 Å². The second-order valence-corrected chi connectivity index (χ2v) is 8.98. The summed E-state index contributed by atoms with van der Waals surface area (Å²) in [5.41, 5.74) is 2.41. The van der Waals surface area contributed by atoms with E-state index in [0.29, 0.717) is 12.5 Å². The molecule has 1 amide bonds. The second kappa shape index (κ2) is 10.6. The van der Waals surface area contributed by atoms with Gasteiger partial charge in [0, 0.05) is 11.6 Å². The van der Waals surface area contributed by atoms with Gasteiger partial charge < -0.3 is 10.1 Å². The van der Waals surface area contributed by atoms with Crippen LogP contribution in [0.3, 0.4) is 0 Å². The summed E-state index contributed by atoms with van der Waals surface area (Å²) < 4.78 is 5.24. The highest BCUT2D eigenvalue weighted by Crippen LogP contribution is 2.25. The molecule has 3 aromatic rings. The largest absolute Gasteiger partial charge is 0.497 e. The van der Waals surface area contributed by atoms with E-state index in [4.69, 9.17) is 4.74 Å². The molecule has 1 atom stereocenters. The van der Waals surface area contributed by atoms with E-state index in [1.165, 1.54) is 5.56 Å². The Morgan fingerprint density at radius 2 is 1.90 bits per heavy atom. The third kappa shape index (κ3) is 5.93. The predicted molar refractivity (Wildman–Crippen MR) is 124 cm³/mol. The van der Waals surface area contributed by atoms with Crippen molar-refractivity contribution in [2.24, 2.45) is 5.92 Å². The minimum atomic E-state index is -0.193. The normalized spacial score (nSPS) is 16.0. The molecule has 2 heterocycles. The first-order valence-corrected chi connectivity index (χ1v) is 11.7. The highest BCUT2D eigenvalue weighted by Gasteiger charge is 2.24. The first kappa shape index (κ1) is 21.5. The zero-order chi connectivity index (χ0) is 21.5. The van der Waals surface area contributed by atoms with Gasteiger partial charge in [-0.05, 0) is 61.5 Å². The van der Waals surface area contributed by atoms with E-state index in [0.717, 1.165) is 48.7 Å². The lowest BCUT2D eigenvalue weighted by Crippen LogP contribution is -2.42. The highest BCUT2D eigenvalue weighted by atomic mass is 32.1. The summed E-state index contributed by atoms with van der Waals surface area (Å²) in [6.45, 7) is 2.35. The number of thiazole rings is 1. The molecule has 1 fully saturated rings. The number of amides is 1. The van der Waals surface area contributed by atoms with Gasteiger partial charge in [-0.25, -0.2) is 4.98 Å². The van der Waals surface area contributed by atoms with E-state index >= 15 is 0 Å². The lowest BCUT2D eigenvalue weighted by atomic mass is 9.90. The monoisotopic (exact) mass is 435 g/mol. The molecule has 0 bridgehead atoms. The molecule has 1 aliphatic rings. The van der Waals surface area contributed by atoms with Crippen LogP contribution in [0.15, 0.2) is 66.2 Å². The number of carbonyl (C=O) groups excluding carboxylic acids is 1. The van der Waals surface area contributed by atoms with Gasteiger partial charge in [-0.1, -0.05) is 42.5 Å². The average molecular weight is 436 g/mol. The van der Waals surface area contributed by atoms with E-state index in [-0.39, 0.29) is 11.9 Å². The summed E-state index contributed by atoms with van der Waals surface area (Å²) in [4.78, 5) is 19.5. The van der Waals surface area contributed by atoms with Crippen molar-refractivity contribution < 1.29 is 9.53 Å². The summed E-state index contributed by atoms with van der Waals surface area (Å²) >= 11 is 1.57. The molecule has 4 rings (SSSR count). The Labute approximate surface area is 188 Å². The second-order valence-electron chi connectivity index (χ2n) is 8.05. The van der Waals surface area contributed by atoms with Crippen molar-refractivity contribution >= 4 is 17.2 Å². The summed E-state index contributed by atoms with van der Waals surface area (Å²) in [7, 11) is 1.69. The number of piperidine rings is 1. The standard InChI is InChI=1S/C25H29N3O2S/c1-30-22-9-7-19(8-10-22)17-20-11-14-28(15-12-20)18-23(29)27-24(25-26-13-16-31-25)21-5-3-2-4-6-21/h2-10,13,16,20,24H,11-12,14-15,17-18H2,1H3,(H,27,29). The summed E-state index contributed by atoms with van der Waals surface area (Å²) in [6.07, 6.45) is 5.11. The van der Waals surface area contributed by atoms with Crippen molar-refractivity contribution in [2.75, 3.05) is 26.7 Å². The molecule has 1 N–H and O–H groups in total. The van der Waals surface area contributed by atoms with Gasteiger partial charge in [0.25, 0.3) is 0 Å². The van der Waals surface area contributed by atoms with E-state index in [2.05, 4.69) is 27.3 Å². The van der Waals surface area contributed by atoms with Gasteiger partial charge in [0.1, 0.15) is 16.8 Å². The molecule has 0 radical (unpaired) electrons. The Hall–Kier alpha value is -2.70. The van der Waals surface area contributed by atoms with Crippen LogP contribution in [0.1, 0.15) is 35.0 Å². The third-order valence-electron chi connectivity index (χ3n) is 5.89. The molecule has 5 nitrogen and oxygen atoms in total. The summed E-state index contributed by atoms with van der Waals surface area (Å²) in [5.74, 6) is 1.62. The third-order valence-corrected chi connectivity index (χ3v) is 6.73. The van der Waals surface area contributed by atoms with Gasteiger partial charge >= 0.3 is 0 Å². The van der Waals surface area contributed by atoms with Crippen LogP contribution >= 0.6 is 11.3 Å². The number of methoxy groups -OCH3 is 1. The minimum absolute atomic E-state index is 0.0534. The van der Waals surface area contributed by atoms with Gasteiger partial charge in [0.05, 0.1) is 13.7 Å². The van der Waals surface area contributed by atoms with Crippen molar-refractivity contribution in [3.63, 3.8) is 0 Å². The number of benzene rings is 2. The van der Waals surface area contributed by atoms with Crippen molar-refractivity contribution in [3.05, 3.63) is 82.3 Å². The fourth-order valence-electron chi connectivity index (χ4n) is 4.16. The number of ether oxygens (including phenoxy) is 1. The number of rotatable bonds is 8. The van der Waals surface area contributed by atoms with E-state index in [9.17, 15) is 4.79 Å². The number of nitrogens with zero attached hydrogens (tertiary/aromatic N) is 2. The Morgan fingerprint density at radius 1 is 1.16 bits per heavy atom. The van der Waals surface area contributed by atoms with Crippen LogP contribution in [-0.2, 0) is 11.2 Å². The average Bonchev–Trinajstić information content (AvgIpc) is 3.34. The Bertz CT molecular complexity index is 937. The fourth-order valence-corrected chi connectivity index (χ4v) is 4.88. The van der Waals surface area contributed by atoms with Gasteiger partial charge in [-0.2, -0.15) is 0 Å². The van der Waals surface area contributed by atoms with Gasteiger partial charge in [0.2, 0.25) is 5.91 Å². The molecule has 31 heavy (non-hydrogen) atoms.